The molecule has 1 fully saturated rings. The van der Waals surface area contributed by atoms with Gasteiger partial charge in [-0.25, -0.2) is 9.97 Å². The van der Waals surface area contributed by atoms with Crippen LogP contribution in [-0.4, -0.2) is 48.8 Å². The highest BCUT2D eigenvalue weighted by Gasteiger charge is 2.24. The highest BCUT2D eigenvalue weighted by molar-refractivity contribution is 5.51. The molecule has 0 bridgehead atoms. The fraction of sp³-hybridized carbons (Fsp3) is 0.360. The van der Waals surface area contributed by atoms with Crippen molar-refractivity contribution in [2.75, 3.05) is 39.2 Å². The number of morpholine rings is 1. The van der Waals surface area contributed by atoms with Crippen LogP contribution in [0.4, 0.5) is 11.6 Å². The lowest BCUT2D eigenvalue weighted by atomic mass is 10.1. The summed E-state index contributed by atoms with van der Waals surface area (Å²) in [4.78, 5) is 11.7. The Balaban J connectivity index is 1.46. The molecular formula is C25H30N4O3. The molecule has 2 aromatic heterocycles. The molecule has 1 aliphatic heterocycles. The predicted octanol–water partition coefficient (Wildman–Crippen LogP) is 4.26. The summed E-state index contributed by atoms with van der Waals surface area (Å²) in [7, 11) is 3.42. The largest absolute Gasteiger partial charge is 0.496 e. The first-order valence-corrected chi connectivity index (χ1v) is 10.8. The van der Waals surface area contributed by atoms with Crippen LogP contribution in [0.5, 0.6) is 5.75 Å². The number of rotatable bonds is 8. The zero-order valence-corrected chi connectivity index (χ0v) is 18.9. The lowest BCUT2D eigenvalue weighted by Crippen LogP contribution is -2.38. The van der Waals surface area contributed by atoms with Gasteiger partial charge in [-0.1, -0.05) is 18.2 Å². The molecule has 4 rings (SSSR count). The van der Waals surface area contributed by atoms with Crippen molar-refractivity contribution in [3.63, 3.8) is 0 Å². The van der Waals surface area contributed by atoms with E-state index in [0.717, 1.165) is 59.5 Å². The third-order valence-corrected chi connectivity index (χ3v) is 5.45. The van der Waals surface area contributed by atoms with Gasteiger partial charge in [0.05, 0.1) is 26.0 Å². The Morgan fingerprint density at radius 3 is 2.66 bits per heavy atom. The molecule has 168 valence electrons. The smallest absolute Gasteiger partial charge is 0.131 e. The van der Waals surface area contributed by atoms with E-state index < -0.39 is 0 Å². The topological polar surface area (TPSA) is 68.7 Å². The predicted molar refractivity (Wildman–Crippen MR) is 124 cm³/mol. The third kappa shape index (κ3) is 5.62. The number of benzene rings is 1. The van der Waals surface area contributed by atoms with Gasteiger partial charge in [-0.05, 0) is 48.9 Å². The lowest BCUT2D eigenvalue weighted by molar-refractivity contribution is -0.0351. The summed E-state index contributed by atoms with van der Waals surface area (Å²) in [5, 5.41) is 3.29. The second-order valence-corrected chi connectivity index (χ2v) is 7.91. The quantitative estimate of drug-likeness (QED) is 0.568. The van der Waals surface area contributed by atoms with Gasteiger partial charge in [0.25, 0.3) is 0 Å². The molecule has 32 heavy (non-hydrogen) atoms. The van der Waals surface area contributed by atoms with Gasteiger partial charge in [-0.3, -0.25) is 4.90 Å². The summed E-state index contributed by atoms with van der Waals surface area (Å²) in [6.07, 6.45) is -0.0934. The van der Waals surface area contributed by atoms with Gasteiger partial charge in [-0.2, -0.15) is 0 Å². The number of hydrogen-bond donors (Lipinski definition) is 1. The van der Waals surface area contributed by atoms with Gasteiger partial charge in [0.1, 0.15) is 23.5 Å². The first kappa shape index (κ1) is 22.2. The first-order chi connectivity index (χ1) is 15.6. The van der Waals surface area contributed by atoms with E-state index in [9.17, 15) is 0 Å². The molecule has 0 spiro atoms. The standard InChI is InChI=1S/C25H30N4O3/c1-18-6-4-8-24(26-18)28-25-9-5-7-21(27-25)23-16-29(12-13-32-23)15-20-14-19(17-30-2)10-11-22(20)31-3/h4-11,14,23H,12-13,15-17H2,1-3H3,(H,26,27,28)/t23-/m1/s1. The van der Waals surface area contributed by atoms with Crippen LogP contribution in [-0.2, 0) is 22.6 Å². The molecule has 0 radical (unpaired) electrons. The van der Waals surface area contributed by atoms with Crippen LogP contribution in [0.1, 0.15) is 28.6 Å². The molecular weight excluding hydrogens is 404 g/mol. The van der Waals surface area contributed by atoms with Crippen molar-refractivity contribution >= 4 is 11.6 Å². The Morgan fingerprint density at radius 1 is 1.06 bits per heavy atom. The molecule has 1 saturated heterocycles. The molecule has 1 aliphatic rings. The maximum absolute atomic E-state index is 6.08. The minimum Gasteiger partial charge on any atom is -0.496 e. The zero-order valence-electron chi connectivity index (χ0n) is 18.9. The lowest BCUT2D eigenvalue weighted by Gasteiger charge is -2.33. The fourth-order valence-corrected chi connectivity index (χ4v) is 3.92. The second kappa shape index (κ2) is 10.5. The zero-order chi connectivity index (χ0) is 22.3. The minimum atomic E-state index is -0.0934. The van der Waals surface area contributed by atoms with E-state index in [1.54, 1.807) is 14.2 Å². The Kier molecular flexibility index (Phi) is 7.32. The molecule has 1 aromatic carbocycles. The van der Waals surface area contributed by atoms with Gasteiger partial charge in [0.15, 0.2) is 0 Å². The Hall–Kier alpha value is -3.00. The Morgan fingerprint density at radius 2 is 1.88 bits per heavy atom. The van der Waals surface area contributed by atoms with E-state index in [1.807, 2.05) is 55.5 Å². The van der Waals surface area contributed by atoms with Gasteiger partial charge < -0.3 is 19.5 Å². The minimum absolute atomic E-state index is 0.0934. The number of nitrogens with one attached hydrogen (secondary N) is 1. The Bertz CT molecular complexity index is 1040. The summed E-state index contributed by atoms with van der Waals surface area (Å²) in [6, 6.07) is 18.1. The van der Waals surface area contributed by atoms with Crippen molar-refractivity contribution in [3.05, 3.63) is 77.1 Å². The molecule has 0 saturated carbocycles. The van der Waals surface area contributed by atoms with E-state index in [-0.39, 0.29) is 6.10 Å². The SMILES string of the molecule is COCc1ccc(OC)c(CN2CCO[C@@H](c3cccc(Nc4cccc(C)n4)n3)C2)c1. The molecule has 0 aliphatic carbocycles. The van der Waals surface area contributed by atoms with Gasteiger partial charge >= 0.3 is 0 Å². The molecule has 1 N–H and O–H groups in total. The van der Waals surface area contributed by atoms with Crippen molar-refractivity contribution in [3.8, 4) is 5.75 Å². The molecule has 3 heterocycles. The van der Waals surface area contributed by atoms with E-state index in [2.05, 4.69) is 21.3 Å². The number of aryl methyl sites for hydroxylation is 1. The fourth-order valence-electron chi connectivity index (χ4n) is 3.92. The summed E-state index contributed by atoms with van der Waals surface area (Å²) < 4.78 is 17.0. The monoisotopic (exact) mass is 434 g/mol. The molecule has 0 unspecified atom stereocenters. The molecule has 7 heteroatoms. The molecule has 1 atom stereocenters. The van der Waals surface area contributed by atoms with Gasteiger partial charge in [0, 0.05) is 38.0 Å². The number of hydrogen-bond acceptors (Lipinski definition) is 7. The van der Waals surface area contributed by atoms with Crippen molar-refractivity contribution in [2.45, 2.75) is 26.2 Å². The number of nitrogens with zero attached hydrogens (tertiary/aromatic N) is 3. The van der Waals surface area contributed by atoms with Crippen LogP contribution in [0, 0.1) is 6.92 Å². The number of methoxy groups -OCH3 is 2. The maximum Gasteiger partial charge on any atom is 0.131 e. The van der Waals surface area contributed by atoms with Crippen molar-refractivity contribution in [1.82, 2.24) is 14.9 Å². The summed E-state index contributed by atoms with van der Waals surface area (Å²) >= 11 is 0. The van der Waals surface area contributed by atoms with Crippen molar-refractivity contribution in [2.24, 2.45) is 0 Å². The molecule has 0 amide bonds. The van der Waals surface area contributed by atoms with E-state index in [0.29, 0.717) is 13.2 Å². The summed E-state index contributed by atoms with van der Waals surface area (Å²) in [6.45, 7) is 5.62. The third-order valence-electron chi connectivity index (χ3n) is 5.45. The highest BCUT2D eigenvalue weighted by Crippen LogP contribution is 2.27. The van der Waals surface area contributed by atoms with Gasteiger partial charge in [0.2, 0.25) is 0 Å². The first-order valence-electron chi connectivity index (χ1n) is 10.8. The van der Waals surface area contributed by atoms with Gasteiger partial charge in [-0.15, -0.1) is 0 Å². The number of pyridine rings is 2. The number of anilines is 2. The van der Waals surface area contributed by atoms with Crippen LogP contribution >= 0.6 is 0 Å². The maximum atomic E-state index is 6.08. The van der Waals surface area contributed by atoms with Crippen molar-refractivity contribution < 1.29 is 14.2 Å². The van der Waals surface area contributed by atoms with E-state index in [1.165, 1.54) is 0 Å². The second-order valence-electron chi connectivity index (χ2n) is 7.91. The van der Waals surface area contributed by atoms with E-state index in [4.69, 9.17) is 19.2 Å². The summed E-state index contributed by atoms with van der Waals surface area (Å²) in [5.74, 6) is 2.43. The van der Waals surface area contributed by atoms with Crippen molar-refractivity contribution in [1.29, 1.82) is 0 Å². The molecule has 3 aromatic rings. The van der Waals surface area contributed by atoms with Crippen LogP contribution in [0.2, 0.25) is 0 Å². The van der Waals surface area contributed by atoms with Crippen LogP contribution in [0.25, 0.3) is 0 Å². The summed E-state index contributed by atoms with van der Waals surface area (Å²) in [5.41, 5.74) is 4.16. The van der Waals surface area contributed by atoms with Crippen LogP contribution in [0.3, 0.4) is 0 Å². The van der Waals surface area contributed by atoms with Crippen LogP contribution in [0.15, 0.2) is 54.6 Å². The average Bonchev–Trinajstić information content (AvgIpc) is 2.80. The number of aromatic nitrogens is 2. The normalized spacial score (nSPS) is 16.7. The average molecular weight is 435 g/mol. The highest BCUT2D eigenvalue weighted by atomic mass is 16.5. The Labute approximate surface area is 189 Å². The number of ether oxygens (including phenoxy) is 3. The van der Waals surface area contributed by atoms with Crippen LogP contribution < -0.4 is 10.1 Å². The molecule has 7 nitrogen and oxygen atoms in total. The van der Waals surface area contributed by atoms with E-state index >= 15 is 0 Å².